The summed E-state index contributed by atoms with van der Waals surface area (Å²) in [5.41, 5.74) is 3.37. The lowest BCUT2D eigenvalue weighted by atomic mass is 10.1. The zero-order valence-corrected chi connectivity index (χ0v) is 18.5. The number of rotatable bonds is 7. The Hall–Kier alpha value is -3.19. The molecule has 0 bridgehead atoms. The molecule has 1 saturated carbocycles. The van der Waals surface area contributed by atoms with E-state index in [1.54, 1.807) is 24.3 Å². The van der Waals surface area contributed by atoms with Crippen LogP contribution in [0.5, 0.6) is 0 Å². The van der Waals surface area contributed by atoms with Crippen molar-refractivity contribution < 1.29 is 14.4 Å². The zero-order chi connectivity index (χ0) is 22.5. The number of carbonyl (C=O) groups is 3. The van der Waals surface area contributed by atoms with Crippen LogP contribution in [-0.4, -0.2) is 66.3 Å². The molecule has 7 heteroatoms. The van der Waals surface area contributed by atoms with Crippen molar-refractivity contribution in [2.75, 3.05) is 38.0 Å². The van der Waals surface area contributed by atoms with Crippen molar-refractivity contribution in [1.82, 2.24) is 15.1 Å². The Balaban J connectivity index is 1.22. The number of nitrogens with one attached hydrogen (secondary N) is 2. The summed E-state index contributed by atoms with van der Waals surface area (Å²) in [4.78, 5) is 41.2. The maximum Gasteiger partial charge on any atom is 0.251 e. The Kier molecular flexibility index (Phi) is 6.85. The van der Waals surface area contributed by atoms with Gasteiger partial charge in [0.05, 0.1) is 13.0 Å². The lowest BCUT2D eigenvalue weighted by molar-refractivity contribution is -0.132. The minimum atomic E-state index is -0.121. The second-order valence-corrected chi connectivity index (χ2v) is 8.70. The summed E-state index contributed by atoms with van der Waals surface area (Å²) in [6.07, 6.45) is 2.48. The van der Waals surface area contributed by atoms with Gasteiger partial charge in [-0.2, -0.15) is 0 Å². The van der Waals surface area contributed by atoms with E-state index in [4.69, 9.17) is 0 Å². The molecule has 2 aliphatic rings. The molecule has 7 nitrogen and oxygen atoms in total. The van der Waals surface area contributed by atoms with Gasteiger partial charge in [-0.1, -0.05) is 35.9 Å². The molecule has 0 atom stereocenters. The fraction of sp³-hybridized carbons (Fsp3) is 0.400. The molecule has 0 spiro atoms. The first-order chi connectivity index (χ1) is 15.5. The van der Waals surface area contributed by atoms with Gasteiger partial charge in [0.1, 0.15) is 0 Å². The predicted molar refractivity (Wildman–Crippen MR) is 123 cm³/mol. The summed E-state index contributed by atoms with van der Waals surface area (Å²) in [6, 6.07) is 15.4. The number of nitrogens with zero attached hydrogens (tertiary/aromatic N) is 2. The lowest BCUT2D eigenvalue weighted by Gasteiger charge is -2.34. The van der Waals surface area contributed by atoms with Gasteiger partial charge in [0.2, 0.25) is 11.8 Å². The molecule has 1 aliphatic carbocycles. The molecule has 1 saturated heterocycles. The molecule has 4 rings (SSSR count). The molecule has 2 aromatic rings. The normalized spacial score (nSPS) is 16.5. The molecular formula is C25H30N4O3. The van der Waals surface area contributed by atoms with Gasteiger partial charge in [-0.15, -0.1) is 0 Å². The van der Waals surface area contributed by atoms with E-state index in [1.807, 2.05) is 36.1 Å². The maximum atomic E-state index is 12.6. The van der Waals surface area contributed by atoms with E-state index in [0.29, 0.717) is 49.9 Å². The maximum absolute atomic E-state index is 12.6. The number of amides is 3. The number of aryl methyl sites for hydroxylation is 1. The van der Waals surface area contributed by atoms with E-state index in [-0.39, 0.29) is 24.3 Å². The van der Waals surface area contributed by atoms with Gasteiger partial charge >= 0.3 is 0 Å². The molecule has 2 N–H and O–H groups in total. The number of piperazine rings is 1. The van der Waals surface area contributed by atoms with Crippen LogP contribution in [-0.2, 0) is 16.0 Å². The van der Waals surface area contributed by atoms with Gasteiger partial charge in [-0.3, -0.25) is 19.3 Å². The van der Waals surface area contributed by atoms with Crippen molar-refractivity contribution in [2.24, 2.45) is 0 Å². The van der Waals surface area contributed by atoms with Crippen LogP contribution in [0.3, 0.4) is 0 Å². The van der Waals surface area contributed by atoms with E-state index in [2.05, 4.69) is 15.5 Å². The van der Waals surface area contributed by atoms with Gasteiger partial charge in [0, 0.05) is 43.5 Å². The molecule has 2 aromatic carbocycles. The van der Waals surface area contributed by atoms with E-state index < -0.39 is 0 Å². The molecule has 0 unspecified atom stereocenters. The van der Waals surface area contributed by atoms with Gasteiger partial charge in [0.25, 0.3) is 5.91 Å². The molecule has 32 heavy (non-hydrogen) atoms. The van der Waals surface area contributed by atoms with Crippen molar-refractivity contribution >= 4 is 23.4 Å². The van der Waals surface area contributed by atoms with Crippen molar-refractivity contribution in [1.29, 1.82) is 0 Å². The highest BCUT2D eigenvalue weighted by Crippen LogP contribution is 2.20. The third-order valence-electron chi connectivity index (χ3n) is 5.89. The Morgan fingerprint density at radius 2 is 1.69 bits per heavy atom. The molecular weight excluding hydrogens is 404 g/mol. The average molecular weight is 435 g/mol. The number of hydrogen-bond acceptors (Lipinski definition) is 4. The Labute approximate surface area is 188 Å². The molecule has 3 amide bonds. The fourth-order valence-electron chi connectivity index (χ4n) is 3.79. The van der Waals surface area contributed by atoms with Crippen LogP contribution in [0.15, 0.2) is 48.5 Å². The summed E-state index contributed by atoms with van der Waals surface area (Å²) in [5, 5.41) is 5.84. The third kappa shape index (κ3) is 6.17. The van der Waals surface area contributed by atoms with Gasteiger partial charge in [0.15, 0.2) is 0 Å². The van der Waals surface area contributed by atoms with E-state index in [9.17, 15) is 14.4 Å². The first kappa shape index (κ1) is 22.0. The lowest BCUT2D eigenvalue weighted by Crippen LogP contribution is -2.50. The Morgan fingerprint density at radius 3 is 2.38 bits per heavy atom. The second kappa shape index (κ2) is 9.96. The first-order valence-corrected chi connectivity index (χ1v) is 11.2. The molecule has 2 fully saturated rings. The highest BCUT2D eigenvalue weighted by molar-refractivity contribution is 5.97. The van der Waals surface area contributed by atoms with Crippen LogP contribution >= 0.6 is 0 Å². The van der Waals surface area contributed by atoms with Crippen molar-refractivity contribution in [3.8, 4) is 0 Å². The number of benzene rings is 2. The van der Waals surface area contributed by atoms with Gasteiger partial charge < -0.3 is 15.5 Å². The number of anilines is 1. The van der Waals surface area contributed by atoms with Crippen LogP contribution in [0.25, 0.3) is 0 Å². The SMILES string of the molecule is Cc1ccc(CC(=O)N2CCN(CC(=O)Nc3cccc(C(=O)NC4CC4)c3)CC2)cc1. The highest BCUT2D eigenvalue weighted by Gasteiger charge is 2.24. The molecule has 1 aliphatic heterocycles. The summed E-state index contributed by atoms with van der Waals surface area (Å²) in [5.74, 6) is -0.0987. The van der Waals surface area contributed by atoms with E-state index in [1.165, 1.54) is 5.56 Å². The molecule has 0 radical (unpaired) electrons. The van der Waals surface area contributed by atoms with Crippen LogP contribution in [0.1, 0.15) is 34.3 Å². The molecule has 168 valence electrons. The molecule has 0 aromatic heterocycles. The van der Waals surface area contributed by atoms with Crippen LogP contribution in [0.2, 0.25) is 0 Å². The predicted octanol–water partition coefficient (Wildman–Crippen LogP) is 2.21. The van der Waals surface area contributed by atoms with E-state index in [0.717, 1.165) is 18.4 Å². The fourth-order valence-corrected chi connectivity index (χ4v) is 3.79. The van der Waals surface area contributed by atoms with E-state index >= 15 is 0 Å². The summed E-state index contributed by atoms with van der Waals surface area (Å²) in [6.45, 7) is 4.86. The summed E-state index contributed by atoms with van der Waals surface area (Å²) < 4.78 is 0. The topological polar surface area (TPSA) is 81.8 Å². The third-order valence-corrected chi connectivity index (χ3v) is 5.89. The minimum Gasteiger partial charge on any atom is -0.349 e. The van der Waals surface area contributed by atoms with Crippen molar-refractivity contribution in [3.63, 3.8) is 0 Å². The largest absolute Gasteiger partial charge is 0.349 e. The Bertz CT molecular complexity index is 977. The monoisotopic (exact) mass is 434 g/mol. The van der Waals surface area contributed by atoms with Crippen LogP contribution in [0, 0.1) is 6.92 Å². The standard InChI is InChI=1S/C25H30N4O3/c1-18-5-7-19(8-6-18)15-24(31)29-13-11-28(12-14-29)17-23(30)26-22-4-2-3-20(16-22)25(32)27-21-9-10-21/h2-8,16,21H,9-15,17H2,1H3,(H,26,30)(H,27,32). The van der Waals surface area contributed by atoms with Crippen molar-refractivity contribution in [3.05, 3.63) is 65.2 Å². The van der Waals surface area contributed by atoms with Crippen LogP contribution in [0.4, 0.5) is 5.69 Å². The van der Waals surface area contributed by atoms with Gasteiger partial charge in [-0.05, 0) is 43.5 Å². The Morgan fingerprint density at radius 1 is 0.969 bits per heavy atom. The van der Waals surface area contributed by atoms with Crippen molar-refractivity contribution in [2.45, 2.75) is 32.2 Å². The summed E-state index contributed by atoms with van der Waals surface area (Å²) in [7, 11) is 0. The highest BCUT2D eigenvalue weighted by atomic mass is 16.2. The summed E-state index contributed by atoms with van der Waals surface area (Å²) >= 11 is 0. The second-order valence-electron chi connectivity index (χ2n) is 8.70. The minimum absolute atomic E-state index is 0.102. The average Bonchev–Trinajstić information content (AvgIpc) is 3.60. The molecule has 1 heterocycles. The van der Waals surface area contributed by atoms with Crippen LogP contribution < -0.4 is 10.6 Å². The van der Waals surface area contributed by atoms with Gasteiger partial charge in [-0.25, -0.2) is 0 Å². The zero-order valence-electron chi connectivity index (χ0n) is 18.5. The quantitative estimate of drug-likeness (QED) is 0.700. The first-order valence-electron chi connectivity index (χ1n) is 11.2. The number of hydrogen-bond donors (Lipinski definition) is 2. The number of carbonyl (C=O) groups excluding carboxylic acids is 3. The smallest absolute Gasteiger partial charge is 0.251 e.